The number of nitrogens with zero attached hydrogens (tertiary/aromatic N) is 1. The van der Waals surface area contributed by atoms with E-state index in [-0.39, 0.29) is 30.3 Å². The lowest BCUT2D eigenvalue weighted by molar-refractivity contribution is -0.146. The molecule has 1 amide bonds. The van der Waals surface area contributed by atoms with Gasteiger partial charge >= 0.3 is 5.97 Å². The highest BCUT2D eigenvalue weighted by Gasteiger charge is 2.32. The van der Waals surface area contributed by atoms with E-state index < -0.39 is 5.97 Å². The van der Waals surface area contributed by atoms with Crippen LogP contribution in [-0.2, 0) is 9.59 Å². The maximum atomic E-state index is 12.4. The molecule has 0 bridgehead atoms. The zero-order chi connectivity index (χ0) is 14.6. The summed E-state index contributed by atoms with van der Waals surface area (Å²) in [7, 11) is 0. The van der Waals surface area contributed by atoms with Crippen LogP contribution in [0.5, 0.6) is 0 Å². The highest BCUT2D eigenvalue weighted by molar-refractivity contribution is 5.83. The molecular formula is C14H26N2O3. The Morgan fingerprint density at radius 3 is 2.32 bits per heavy atom. The van der Waals surface area contributed by atoms with E-state index in [0.29, 0.717) is 18.9 Å². The summed E-state index contributed by atoms with van der Waals surface area (Å²) in [5.41, 5.74) is 5.71. The van der Waals surface area contributed by atoms with Crippen LogP contribution in [0, 0.1) is 17.3 Å². The van der Waals surface area contributed by atoms with Gasteiger partial charge in [-0.1, -0.05) is 20.8 Å². The number of aliphatic carboxylic acids is 1. The average Bonchev–Trinajstić information content (AvgIpc) is 3.06. The quantitative estimate of drug-likeness (QED) is 0.731. The van der Waals surface area contributed by atoms with E-state index in [9.17, 15) is 9.59 Å². The highest BCUT2D eigenvalue weighted by Crippen LogP contribution is 2.31. The van der Waals surface area contributed by atoms with E-state index in [1.54, 1.807) is 0 Å². The summed E-state index contributed by atoms with van der Waals surface area (Å²) in [4.78, 5) is 24.8. The molecule has 0 saturated heterocycles. The lowest BCUT2D eigenvalue weighted by Gasteiger charge is -2.29. The SMILES string of the molecule is CC(C)(C)CC(CN)C(=O)N(CC(=O)O)CC1CC1. The number of rotatable bonds is 7. The summed E-state index contributed by atoms with van der Waals surface area (Å²) in [6.45, 7) is 6.81. The minimum Gasteiger partial charge on any atom is -0.480 e. The number of amides is 1. The Morgan fingerprint density at radius 1 is 1.37 bits per heavy atom. The topological polar surface area (TPSA) is 83.6 Å². The Morgan fingerprint density at radius 2 is 1.95 bits per heavy atom. The average molecular weight is 270 g/mol. The molecule has 1 saturated carbocycles. The van der Waals surface area contributed by atoms with E-state index in [0.717, 1.165) is 12.8 Å². The number of nitrogens with two attached hydrogens (primary N) is 1. The van der Waals surface area contributed by atoms with Crippen molar-refractivity contribution in [2.24, 2.45) is 23.0 Å². The number of hydrogen-bond donors (Lipinski definition) is 2. The van der Waals surface area contributed by atoms with Gasteiger partial charge in [0.15, 0.2) is 0 Å². The van der Waals surface area contributed by atoms with Gasteiger partial charge in [-0.2, -0.15) is 0 Å². The largest absolute Gasteiger partial charge is 0.480 e. The minimum absolute atomic E-state index is 0.00811. The fourth-order valence-corrected chi connectivity index (χ4v) is 2.28. The third-order valence-corrected chi connectivity index (χ3v) is 3.31. The van der Waals surface area contributed by atoms with Crippen LogP contribution in [0.4, 0.5) is 0 Å². The van der Waals surface area contributed by atoms with E-state index in [1.807, 2.05) is 0 Å². The van der Waals surface area contributed by atoms with Crippen LogP contribution in [0.25, 0.3) is 0 Å². The fourth-order valence-electron chi connectivity index (χ4n) is 2.28. The van der Waals surface area contributed by atoms with E-state index >= 15 is 0 Å². The molecule has 19 heavy (non-hydrogen) atoms. The zero-order valence-electron chi connectivity index (χ0n) is 12.2. The third kappa shape index (κ3) is 6.05. The second kappa shape index (κ2) is 6.37. The van der Waals surface area contributed by atoms with Crippen LogP contribution in [0.1, 0.15) is 40.0 Å². The van der Waals surface area contributed by atoms with Crippen molar-refractivity contribution in [3.05, 3.63) is 0 Å². The van der Waals surface area contributed by atoms with Gasteiger partial charge in [-0.05, 0) is 30.6 Å². The summed E-state index contributed by atoms with van der Waals surface area (Å²) in [6.07, 6.45) is 2.87. The lowest BCUT2D eigenvalue weighted by atomic mass is 9.84. The normalized spacial score (nSPS) is 17.1. The van der Waals surface area contributed by atoms with Crippen LogP contribution in [0.2, 0.25) is 0 Å². The molecule has 0 heterocycles. The van der Waals surface area contributed by atoms with Gasteiger partial charge in [0, 0.05) is 13.1 Å². The van der Waals surface area contributed by atoms with Crippen molar-refractivity contribution in [1.82, 2.24) is 4.90 Å². The first kappa shape index (κ1) is 16.0. The molecule has 0 radical (unpaired) electrons. The van der Waals surface area contributed by atoms with Crippen molar-refractivity contribution >= 4 is 11.9 Å². The van der Waals surface area contributed by atoms with Gasteiger partial charge in [0.2, 0.25) is 5.91 Å². The Balaban J connectivity index is 2.68. The second-order valence-electron chi connectivity index (χ2n) is 6.75. The van der Waals surface area contributed by atoms with E-state index in [4.69, 9.17) is 10.8 Å². The fraction of sp³-hybridized carbons (Fsp3) is 0.857. The Labute approximate surface area is 115 Å². The molecule has 0 aromatic heterocycles. The molecule has 5 nitrogen and oxygen atoms in total. The molecule has 1 rings (SSSR count). The van der Waals surface area contributed by atoms with Crippen molar-refractivity contribution in [3.63, 3.8) is 0 Å². The number of carbonyl (C=O) groups is 2. The molecule has 1 unspecified atom stereocenters. The first-order chi connectivity index (χ1) is 8.73. The number of carbonyl (C=O) groups excluding carboxylic acids is 1. The van der Waals surface area contributed by atoms with Crippen molar-refractivity contribution in [2.75, 3.05) is 19.6 Å². The molecule has 5 heteroatoms. The van der Waals surface area contributed by atoms with Gasteiger partial charge in [-0.3, -0.25) is 9.59 Å². The molecule has 110 valence electrons. The molecule has 0 spiro atoms. The summed E-state index contributed by atoms with van der Waals surface area (Å²) < 4.78 is 0. The number of carboxylic acid groups (broad SMARTS) is 1. The molecule has 1 fully saturated rings. The minimum atomic E-state index is -0.958. The second-order valence-corrected chi connectivity index (χ2v) is 6.75. The lowest BCUT2D eigenvalue weighted by Crippen LogP contribution is -2.44. The zero-order valence-corrected chi connectivity index (χ0v) is 12.2. The molecule has 0 aliphatic heterocycles. The van der Waals surface area contributed by atoms with Crippen LogP contribution in [0.3, 0.4) is 0 Å². The first-order valence-electron chi connectivity index (χ1n) is 6.93. The summed E-state index contributed by atoms with van der Waals surface area (Å²) in [5, 5.41) is 8.93. The first-order valence-corrected chi connectivity index (χ1v) is 6.93. The van der Waals surface area contributed by atoms with Crippen LogP contribution in [-0.4, -0.2) is 41.5 Å². The standard InChI is InChI=1S/C14H26N2O3/c1-14(2,3)6-11(7-15)13(19)16(9-12(17)18)8-10-4-5-10/h10-11H,4-9,15H2,1-3H3,(H,17,18). The Bertz CT molecular complexity index is 332. The highest BCUT2D eigenvalue weighted by atomic mass is 16.4. The van der Waals surface area contributed by atoms with Gasteiger partial charge < -0.3 is 15.7 Å². The molecule has 1 atom stereocenters. The molecule has 1 aliphatic rings. The summed E-state index contributed by atoms with van der Waals surface area (Å²) in [6, 6.07) is 0. The Kier molecular flexibility index (Phi) is 5.35. The third-order valence-electron chi connectivity index (χ3n) is 3.31. The van der Waals surface area contributed by atoms with Crippen molar-refractivity contribution in [1.29, 1.82) is 0 Å². The van der Waals surface area contributed by atoms with Crippen LogP contribution < -0.4 is 5.73 Å². The number of carboxylic acids is 1. The summed E-state index contributed by atoms with van der Waals surface area (Å²) >= 11 is 0. The van der Waals surface area contributed by atoms with Gasteiger partial charge in [-0.25, -0.2) is 0 Å². The molecule has 0 aromatic carbocycles. The maximum Gasteiger partial charge on any atom is 0.323 e. The van der Waals surface area contributed by atoms with Crippen molar-refractivity contribution in [3.8, 4) is 0 Å². The van der Waals surface area contributed by atoms with Crippen molar-refractivity contribution in [2.45, 2.75) is 40.0 Å². The smallest absolute Gasteiger partial charge is 0.323 e. The predicted molar refractivity (Wildman–Crippen MR) is 73.6 cm³/mol. The van der Waals surface area contributed by atoms with Gasteiger partial charge in [0.25, 0.3) is 0 Å². The monoisotopic (exact) mass is 270 g/mol. The predicted octanol–water partition coefficient (Wildman–Crippen LogP) is 1.32. The van der Waals surface area contributed by atoms with Gasteiger partial charge in [-0.15, -0.1) is 0 Å². The molecule has 1 aliphatic carbocycles. The molecule has 0 aromatic rings. The Hall–Kier alpha value is -1.10. The van der Waals surface area contributed by atoms with Gasteiger partial charge in [0.05, 0.1) is 5.92 Å². The van der Waals surface area contributed by atoms with Crippen LogP contribution in [0.15, 0.2) is 0 Å². The number of hydrogen-bond acceptors (Lipinski definition) is 3. The van der Waals surface area contributed by atoms with Crippen LogP contribution >= 0.6 is 0 Å². The van der Waals surface area contributed by atoms with E-state index in [1.165, 1.54) is 4.90 Å². The molecule has 3 N–H and O–H groups in total. The maximum absolute atomic E-state index is 12.4. The van der Waals surface area contributed by atoms with Gasteiger partial charge in [0.1, 0.15) is 6.54 Å². The van der Waals surface area contributed by atoms with E-state index in [2.05, 4.69) is 20.8 Å². The molecular weight excluding hydrogens is 244 g/mol. The summed E-state index contributed by atoms with van der Waals surface area (Å²) in [5.74, 6) is -0.860. The van der Waals surface area contributed by atoms with Crippen molar-refractivity contribution < 1.29 is 14.7 Å².